The van der Waals surface area contributed by atoms with Gasteiger partial charge in [-0.2, -0.15) is 0 Å². The van der Waals surface area contributed by atoms with Crippen molar-refractivity contribution in [2.75, 3.05) is 0 Å². The Morgan fingerprint density at radius 2 is 1.47 bits per heavy atom. The lowest BCUT2D eigenvalue weighted by atomic mass is 9.82. The molecule has 0 amide bonds. The van der Waals surface area contributed by atoms with Crippen LogP contribution in [0.1, 0.15) is 101 Å². The summed E-state index contributed by atoms with van der Waals surface area (Å²) in [5, 5.41) is 0. The molecule has 0 nitrogen and oxygen atoms in total. The fourth-order valence-corrected chi connectivity index (χ4v) is 4.88. The summed E-state index contributed by atoms with van der Waals surface area (Å²) in [6.07, 6.45) is 18.2. The van der Waals surface area contributed by atoms with E-state index in [1.807, 2.05) is 13.0 Å². The first-order valence-electron chi connectivity index (χ1n) is 13.7. The molecule has 0 aliphatic rings. The van der Waals surface area contributed by atoms with Gasteiger partial charge in [0.1, 0.15) is 0 Å². The van der Waals surface area contributed by atoms with Crippen molar-refractivity contribution in [2.24, 2.45) is 5.92 Å². The molecular formula is C34H50. The average molecular weight is 459 g/mol. The quantitative estimate of drug-likeness (QED) is 0.195. The van der Waals surface area contributed by atoms with E-state index in [2.05, 4.69) is 89.4 Å². The lowest BCUT2D eigenvalue weighted by Gasteiger charge is -2.23. The molecule has 0 fully saturated rings. The first-order chi connectivity index (χ1) is 16.6. The molecule has 0 heterocycles. The standard InChI is InChI=1S/C31H44.C3H6/c1-6-11-13-20-28-22-21-26(9-4)31(30(28)10-5)24-29(27(16-7-2)17-8-3)23-25-18-14-12-15-19-25;1-3-2/h6,12,14-15,18-19,21-22,24,27H,1,7-11,13,16-17,20,23H2,2-5H3;3H,1H2,2H3/b29-24+;. The molecule has 2 aromatic rings. The highest BCUT2D eigenvalue weighted by Gasteiger charge is 2.17. The Kier molecular flexibility index (Phi) is 15.8. The summed E-state index contributed by atoms with van der Waals surface area (Å²) < 4.78 is 0. The number of aryl methyl sites for hydroxylation is 2. The number of hydrogen-bond acceptors (Lipinski definition) is 0. The predicted octanol–water partition coefficient (Wildman–Crippen LogP) is 10.4. The molecule has 0 bridgehead atoms. The predicted molar refractivity (Wildman–Crippen MR) is 156 cm³/mol. The molecule has 0 atom stereocenters. The number of allylic oxidation sites excluding steroid dienone is 3. The maximum atomic E-state index is 3.90. The van der Waals surface area contributed by atoms with Crippen LogP contribution in [0.2, 0.25) is 0 Å². The summed E-state index contributed by atoms with van der Waals surface area (Å²) in [5.74, 6) is 0.675. The van der Waals surface area contributed by atoms with Gasteiger partial charge in [-0.15, -0.1) is 13.2 Å². The fraction of sp³-hybridized carbons (Fsp3) is 0.471. The second kappa shape index (κ2) is 18.0. The molecule has 0 radical (unpaired) electrons. The molecule has 2 aromatic carbocycles. The molecule has 0 aliphatic heterocycles. The van der Waals surface area contributed by atoms with Crippen molar-refractivity contribution in [3.05, 3.63) is 101 Å². The van der Waals surface area contributed by atoms with E-state index in [9.17, 15) is 0 Å². The van der Waals surface area contributed by atoms with Crippen LogP contribution in [0, 0.1) is 5.92 Å². The van der Waals surface area contributed by atoms with Gasteiger partial charge < -0.3 is 0 Å². The molecule has 0 saturated heterocycles. The molecule has 0 unspecified atom stereocenters. The lowest BCUT2D eigenvalue weighted by molar-refractivity contribution is 0.498. The third-order valence-electron chi connectivity index (χ3n) is 6.51. The van der Waals surface area contributed by atoms with Crippen molar-refractivity contribution in [3.8, 4) is 0 Å². The molecule has 0 saturated carbocycles. The van der Waals surface area contributed by atoms with Crippen LogP contribution in [0.4, 0.5) is 0 Å². The van der Waals surface area contributed by atoms with Gasteiger partial charge in [-0.1, -0.05) is 107 Å². The molecule has 186 valence electrons. The number of rotatable bonds is 14. The summed E-state index contributed by atoms with van der Waals surface area (Å²) in [5.41, 5.74) is 9.19. The third-order valence-corrected chi connectivity index (χ3v) is 6.51. The molecule has 0 N–H and O–H groups in total. The Balaban J connectivity index is 0.00000182. The van der Waals surface area contributed by atoms with E-state index in [1.165, 1.54) is 54.4 Å². The van der Waals surface area contributed by atoms with Gasteiger partial charge in [0.2, 0.25) is 0 Å². The van der Waals surface area contributed by atoms with Crippen molar-refractivity contribution >= 4 is 6.08 Å². The molecule has 2 rings (SSSR count). The van der Waals surface area contributed by atoms with Gasteiger partial charge >= 0.3 is 0 Å². The Bertz CT molecular complexity index is 847. The minimum Gasteiger partial charge on any atom is -0.103 e. The minimum absolute atomic E-state index is 0.675. The van der Waals surface area contributed by atoms with Gasteiger partial charge in [0.05, 0.1) is 0 Å². The van der Waals surface area contributed by atoms with Crippen molar-refractivity contribution in [1.82, 2.24) is 0 Å². The minimum atomic E-state index is 0.675. The number of unbranched alkanes of at least 4 members (excludes halogenated alkanes) is 1. The van der Waals surface area contributed by atoms with Crippen LogP contribution in [-0.2, 0) is 25.7 Å². The SMILES string of the molecule is C=CC.C=CCCCc1ccc(CC)c(/C=C(\Cc2ccccc2)C(CCC)CCC)c1CC. The first-order valence-corrected chi connectivity index (χ1v) is 13.7. The van der Waals surface area contributed by atoms with E-state index in [0.29, 0.717) is 5.92 Å². The Morgan fingerprint density at radius 3 is 2.00 bits per heavy atom. The first kappa shape index (κ1) is 29.7. The normalized spacial score (nSPS) is 11.2. The van der Waals surface area contributed by atoms with Gasteiger partial charge in [0.25, 0.3) is 0 Å². The van der Waals surface area contributed by atoms with Gasteiger partial charge in [-0.3, -0.25) is 0 Å². The van der Waals surface area contributed by atoms with E-state index >= 15 is 0 Å². The van der Waals surface area contributed by atoms with Crippen LogP contribution in [0.5, 0.6) is 0 Å². The highest BCUT2D eigenvalue weighted by Crippen LogP contribution is 2.31. The summed E-state index contributed by atoms with van der Waals surface area (Å²) in [6, 6.07) is 15.8. The topological polar surface area (TPSA) is 0 Å². The van der Waals surface area contributed by atoms with Crippen LogP contribution in [0.3, 0.4) is 0 Å². The van der Waals surface area contributed by atoms with Crippen LogP contribution >= 0.6 is 0 Å². The third kappa shape index (κ3) is 9.88. The average Bonchev–Trinajstić information content (AvgIpc) is 2.85. The van der Waals surface area contributed by atoms with E-state index in [1.54, 1.807) is 17.2 Å². The van der Waals surface area contributed by atoms with Crippen LogP contribution < -0.4 is 0 Å². The molecule has 0 aliphatic carbocycles. The zero-order chi connectivity index (χ0) is 25.2. The summed E-state index contributed by atoms with van der Waals surface area (Å²) in [4.78, 5) is 0. The van der Waals surface area contributed by atoms with Crippen molar-refractivity contribution in [1.29, 1.82) is 0 Å². The van der Waals surface area contributed by atoms with E-state index in [-0.39, 0.29) is 0 Å². The lowest BCUT2D eigenvalue weighted by Crippen LogP contribution is -2.09. The Morgan fingerprint density at radius 1 is 0.853 bits per heavy atom. The summed E-state index contributed by atoms with van der Waals surface area (Å²) in [6.45, 7) is 18.4. The van der Waals surface area contributed by atoms with Crippen molar-refractivity contribution < 1.29 is 0 Å². The molecule has 34 heavy (non-hydrogen) atoms. The zero-order valence-corrected chi connectivity index (χ0v) is 22.8. The number of benzene rings is 2. The van der Waals surface area contributed by atoms with Gasteiger partial charge in [0, 0.05) is 0 Å². The fourth-order valence-electron chi connectivity index (χ4n) is 4.88. The maximum Gasteiger partial charge on any atom is -0.00610 e. The Hall–Kier alpha value is -2.34. The van der Waals surface area contributed by atoms with Crippen LogP contribution in [0.25, 0.3) is 6.08 Å². The Labute approximate surface area is 211 Å². The second-order valence-corrected chi connectivity index (χ2v) is 9.23. The molecule has 0 heteroatoms. The highest BCUT2D eigenvalue weighted by atomic mass is 14.2. The molecule has 0 aromatic heterocycles. The number of hydrogen-bond donors (Lipinski definition) is 0. The van der Waals surface area contributed by atoms with Crippen molar-refractivity contribution in [3.63, 3.8) is 0 Å². The summed E-state index contributed by atoms with van der Waals surface area (Å²) in [7, 11) is 0. The van der Waals surface area contributed by atoms with Gasteiger partial charge in [-0.05, 0) is 92.0 Å². The molecular weight excluding hydrogens is 408 g/mol. The van der Waals surface area contributed by atoms with Crippen LogP contribution in [0.15, 0.2) is 73.3 Å². The maximum absolute atomic E-state index is 3.90. The largest absolute Gasteiger partial charge is 0.103 e. The highest BCUT2D eigenvalue weighted by molar-refractivity contribution is 5.63. The van der Waals surface area contributed by atoms with E-state index < -0.39 is 0 Å². The van der Waals surface area contributed by atoms with Gasteiger partial charge in [-0.25, -0.2) is 0 Å². The van der Waals surface area contributed by atoms with E-state index in [0.717, 1.165) is 32.1 Å². The smallest absolute Gasteiger partial charge is 0.00610 e. The monoisotopic (exact) mass is 458 g/mol. The zero-order valence-electron chi connectivity index (χ0n) is 22.8. The second-order valence-electron chi connectivity index (χ2n) is 9.23. The molecule has 0 spiro atoms. The van der Waals surface area contributed by atoms with Gasteiger partial charge in [0.15, 0.2) is 0 Å². The van der Waals surface area contributed by atoms with E-state index in [4.69, 9.17) is 0 Å². The van der Waals surface area contributed by atoms with Crippen LogP contribution in [-0.4, -0.2) is 0 Å². The van der Waals surface area contributed by atoms with Crippen molar-refractivity contribution in [2.45, 2.75) is 98.8 Å². The summed E-state index contributed by atoms with van der Waals surface area (Å²) >= 11 is 0.